The number of halogens is 1. The number of isothiocyanates is 1. The number of carbonyl (C=O) groups excluding carboxylic acids is 2. The third-order valence-corrected chi connectivity index (χ3v) is 10.4. The number of carboxylic acid groups (broad SMARTS) is 1. The summed E-state index contributed by atoms with van der Waals surface area (Å²) in [5.41, 5.74) is 2.28. The van der Waals surface area contributed by atoms with Gasteiger partial charge >= 0.3 is 47.6 Å². The van der Waals surface area contributed by atoms with E-state index >= 15 is 0 Å². The number of thiocarbonyl (C=S) groups is 1. The molecule has 0 saturated carbocycles. The van der Waals surface area contributed by atoms with Crippen LogP contribution in [-0.2, 0) is 20.3 Å². The molecule has 6 N–H and O–H groups in total. The standard InChI is InChI=1S/C17H20N2O.C14H14N4O5S.C11H21N5OS.C2H3NS.ClO3.Na/c1-17(2,14-10-6-4-7-11-14)18-16(20)19(3)15-12-8-5-9-13-15;1-8-7-9(2)16-13(15-8)17-14(21)18-24(22,23)11-6-4-3-5-10(11)12(19)20;1-8(2)13-10-14-9(12-6-5-7-17-3)15-11(16-10)18-4;1-3-2-4;2-1(3)4;/h4-13H,1-3H3,(H,18,20);3-7H,1-2H3,(H,19,20)(H2,15,16,17,18,21);8H,5-7H2,1-4H3,(H2,12,13,14,15,16);1H3;;/q;;;;-1;+1. The summed E-state index contributed by atoms with van der Waals surface area (Å²) in [6, 6.07) is 25.3. The van der Waals surface area contributed by atoms with E-state index in [1.165, 1.54) is 23.9 Å². The second kappa shape index (κ2) is 34.8. The molecule has 22 nitrogen and oxygen atoms in total. The summed E-state index contributed by atoms with van der Waals surface area (Å²) >= 11 is 5.64. The minimum Gasteiger partial charge on any atom is -0.478 e. The number of benzene rings is 3. The van der Waals surface area contributed by atoms with Crippen molar-refractivity contribution < 1.29 is 87.0 Å². The number of nitrogens with one attached hydrogen (secondary N) is 5. The van der Waals surface area contributed by atoms with E-state index in [1.54, 1.807) is 50.7 Å². The van der Waals surface area contributed by atoms with Crippen LogP contribution >= 0.6 is 24.0 Å². The van der Waals surface area contributed by atoms with Crippen LogP contribution in [0.3, 0.4) is 0 Å². The van der Waals surface area contributed by atoms with Crippen molar-refractivity contribution in [3.8, 4) is 0 Å². The number of rotatable bonds is 15. The third kappa shape index (κ3) is 27.1. The van der Waals surface area contributed by atoms with Gasteiger partial charge < -0.3 is 39.8 Å². The molecule has 71 heavy (non-hydrogen) atoms. The Morgan fingerprint density at radius 3 is 1.93 bits per heavy atom. The molecule has 380 valence electrons. The Morgan fingerprint density at radius 1 is 0.901 bits per heavy atom. The minimum absolute atomic E-state index is 0. The number of methoxy groups -OCH3 is 1. The van der Waals surface area contributed by atoms with Gasteiger partial charge in [-0.2, -0.15) is 15.0 Å². The first-order valence-electron chi connectivity index (χ1n) is 20.6. The predicted molar refractivity (Wildman–Crippen MR) is 263 cm³/mol. The maximum atomic E-state index is 12.3. The molecular weight excluding hydrogens is 1010 g/mol. The number of amides is 4. The average molecular weight is 1070 g/mol. The molecule has 3 aromatic carbocycles. The van der Waals surface area contributed by atoms with Crippen LogP contribution in [0.4, 0.5) is 33.1 Å². The molecule has 0 radical (unpaired) electrons. The van der Waals surface area contributed by atoms with Gasteiger partial charge in [0.05, 0.1) is 27.0 Å². The molecule has 5 rings (SSSR count). The number of carbonyl (C=O) groups is 3. The monoisotopic (exact) mass is 1070 g/mol. The molecule has 0 aliphatic carbocycles. The number of hydrogen-bond donors (Lipinski definition) is 6. The number of aryl methyl sites for hydroxylation is 2. The molecule has 0 unspecified atom stereocenters. The molecule has 2 aromatic heterocycles. The second-order valence-corrected chi connectivity index (χ2v) is 17.7. The Morgan fingerprint density at radius 2 is 1.42 bits per heavy atom. The summed E-state index contributed by atoms with van der Waals surface area (Å²) in [5, 5.41) is 23.5. The molecule has 4 amide bonds. The van der Waals surface area contributed by atoms with E-state index < -0.39 is 48.8 Å². The topological polar surface area (TPSA) is 324 Å². The van der Waals surface area contributed by atoms with Crippen LogP contribution in [0.25, 0.3) is 0 Å². The van der Waals surface area contributed by atoms with Gasteiger partial charge in [-0.3, -0.25) is 10.2 Å². The van der Waals surface area contributed by atoms with Gasteiger partial charge in [0.25, 0.3) is 10.0 Å². The number of carboxylic acids is 1. The molecule has 27 heteroatoms. The molecule has 2 heterocycles. The summed E-state index contributed by atoms with van der Waals surface area (Å²) < 4.78 is 56.4. The summed E-state index contributed by atoms with van der Waals surface area (Å²) in [4.78, 5) is 60.6. The molecule has 0 aliphatic heterocycles. The zero-order valence-electron chi connectivity index (χ0n) is 41.2. The van der Waals surface area contributed by atoms with Gasteiger partial charge in [-0.05, 0) is 102 Å². The van der Waals surface area contributed by atoms with Gasteiger partial charge in [0, 0.05) is 57.5 Å². The van der Waals surface area contributed by atoms with Gasteiger partial charge in [-0.25, -0.2) is 42.5 Å². The Bertz CT molecular complexity index is 2530. The van der Waals surface area contributed by atoms with Crippen molar-refractivity contribution in [3.05, 3.63) is 114 Å². The average Bonchev–Trinajstić information content (AvgIpc) is 3.30. The van der Waals surface area contributed by atoms with Crippen molar-refractivity contribution in [1.29, 1.82) is 0 Å². The maximum absolute atomic E-state index is 12.3. The quantitative estimate of drug-likeness (QED) is 0.0281. The number of hydrogen-bond acceptors (Lipinski definition) is 19. The summed E-state index contributed by atoms with van der Waals surface area (Å²) in [6.07, 6.45) is 2.87. The molecule has 0 atom stereocenters. The summed E-state index contributed by atoms with van der Waals surface area (Å²) in [6.45, 7) is 13.0. The fourth-order valence-electron chi connectivity index (χ4n) is 5.28. The van der Waals surface area contributed by atoms with E-state index in [0.717, 1.165) is 43.0 Å². The Hall–Kier alpha value is -5.41. The van der Waals surface area contributed by atoms with Crippen LogP contribution < -0.4 is 74.4 Å². The van der Waals surface area contributed by atoms with Crippen molar-refractivity contribution >= 4 is 80.7 Å². The first-order valence-corrected chi connectivity index (χ1v) is 24.7. The Kier molecular flexibility index (Phi) is 32.2. The van der Waals surface area contributed by atoms with E-state index in [-0.39, 0.29) is 41.5 Å². The number of urea groups is 2. The van der Waals surface area contributed by atoms with E-state index in [1.807, 2.05) is 94.6 Å². The van der Waals surface area contributed by atoms with Gasteiger partial charge in [0.15, 0.2) is 5.16 Å². The number of sulfonamides is 1. The van der Waals surface area contributed by atoms with E-state index in [9.17, 15) is 22.8 Å². The number of ether oxygens (including phenoxy) is 1. The number of aromatic nitrogens is 5. The smallest absolute Gasteiger partial charge is 0.478 e. The fourth-order valence-corrected chi connectivity index (χ4v) is 6.74. The number of aromatic carboxylic acids is 1. The molecule has 0 aliphatic rings. The molecule has 0 saturated heterocycles. The van der Waals surface area contributed by atoms with Gasteiger partial charge in [0.2, 0.25) is 17.8 Å². The van der Waals surface area contributed by atoms with Crippen molar-refractivity contribution in [1.82, 2.24) is 35.0 Å². The van der Waals surface area contributed by atoms with Crippen LogP contribution in [0.5, 0.6) is 0 Å². The molecule has 0 bridgehead atoms. The maximum Gasteiger partial charge on any atom is 1.00 e. The summed E-state index contributed by atoms with van der Waals surface area (Å²) in [7, 11) is -2.17. The van der Waals surface area contributed by atoms with Crippen molar-refractivity contribution in [2.75, 3.05) is 61.5 Å². The first kappa shape index (κ1) is 65.6. The second-order valence-electron chi connectivity index (χ2n) is 14.7. The molecule has 0 fully saturated rings. The normalized spacial score (nSPS) is 10.2. The van der Waals surface area contributed by atoms with Crippen LogP contribution in [-0.4, -0.2) is 108 Å². The SMILES string of the molecule is CN(C(=O)NC(C)(C)c1ccccc1)c1ccccc1.CN=C=S.COCCCNc1nc(NC(C)C)nc(SC)n1.Cc1cc(C)nc(NC(=O)NS(=O)(=O)c2ccccc2C(=O)O)n1.[Na+].[O-][Cl+2]([O-])[O-]. The molecule has 0 spiro atoms. The van der Waals surface area contributed by atoms with E-state index in [0.29, 0.717) is 34.5 Å². The largest absolute Gasteiger partial charge is 1.00 e. The number of thioether (sulfide) groups is 1. The van der Waals surface area contributed by atoms with Crippen LogP contribution in [0.2, 0.25) is 0 Å². The number of nitrogens with zero attached hydrogens (tertiary/aromatic N) is 7. The van der Waals surface area contributed by atoms with Crippen LogP contribution in [0.15, 0.2) is 106 Å². The number of para-hydroxylation sites is 1. The van der Waals surface area contributed by atoms with Gasteiger partial charge in [-0.15, -0.1) is 0 Å². The fraction of sp³-hybridized carbons (Fsp3) is 0.341. The van der Waals surface area contributed by atoms with Gasteiger partial charge in [-0.1, -0.05) is 72.4 Å². The van der Waals surface area contributed by atoms with E-state index in [2.05, 4.69) is 68.6 Å². The van der Waals surface area contributed by atoms with Crippen molar-refractivity contribution in [2.45, 2.75) is 69.6 Å². The first-order chi connectivity index (χ1) is 33.0. The Labute approximate surface area is 449 Å². The number of aliphatic imine (C=N–C) groups is 1. The molecule has 5 aromatic rings. The van der Waals surface area contributed by atoms with Crippen molar-refractivity contribution in [3.63, 3.8) is 0 Å². The molecular formula is C44H58ClN12NaO10S3. The van der Waals surface area contributed by atoms with Crippen molar-refractivity contribution in [2.24, 2.45) is 4.99 Å². The third-order valence-electron chi connectivity index (χ3n) is 8.32. The van der Waals surface area contributed by atoms with Crippen LogP contribution in [0, 0.1) is 24.6 Å². The van der Waals surface area contributed by atoms with Crippen LogP contribution in [0.1, 0.15) is 61.4 Å². The zero-order chi connectivity index (χ0) is 52.9. The van der Waals surface area contributed by atoms with E-state index in [4.69, 9.17) is 23.8 Å². The minimum atomic E-state index is -4.37. The Balaban J connectivity index is 0.000000961. The zero-order valence-corrected chi connectivity index (χ0v) is 46.4. The van der Waals surface area contributed by atoms with Gasteiger partial charge in [0.1, 0.15) is 4.90 Å². The predicted octanol–water partition coefficient (Wildman–Crippen LogP) is 1.09. The number of anilines is 4. The summed E-state index contributed by atoms with van der Waals surface area (Å²) in [5.74, 6) is -0.270.